The van der Waals surface area contributed by atoms with Crippen LogP contribution in [0.5, 0.6) is 0 Å². The Morgan fingerprint density at radius 2 is 2.10 bits per heavy atom. The van der Waals surface area contributed by atoms with E-state index < -0.39 is 28.2 Å². The van der Waals surface area contributed by atoms with Gasteiger partial charge in [0.15, 0.2) is 5.58 Å². The Balaban J connectivity index is 2.05. The van der Waals surface area contributed by atoms with Gasteiger partial charge in [0.2, 0.25) is 10.0 Å². The quantitative estimate of drug-likeness (QED) is 0.851. The summed E-state index contributed by atoms with van der Waals surface area (Å²) in [6.45, 7) is 0.0636. The highest BCUT2D eigenvalue weighted by Crippen LogP contribution is 2.31. The fourth-order valence-corrected chi connectivity index (χ4v) is 4.01. The maximum Gasteiger partial charge on any atom is 0.419 e. The highest BCUT2D eigenvalue weighted by molar-refractivity contribution is 7.89. The molecule has 114 valence electrons. The molecule has 0 amide bonds. The molecule has 1 aliphatic heterocycles. The summed E-state index contributed by atoms with van der Waals surface area (Å²) < 4.78 is 57.0. The fourth-order valence-electron chi connectivity index (χ4n) is 2.34. The number of oxazole rings is 1. The van der Waals surface area contributed by atoms with Crippen molar-refractivity contribution in [1.82, 2.24) is 8.87 Å². The molecule has 6 nitrogen and oxygen atoms in total. The SMILES string of the molecule is Cn1c(=O)oc2cc(S(=O)(=O)N3CC[C@@H]3C(F)F)ccc21. The molecule has 0 radical (unpaired) electrons. The number of alkyl halides is 2. The number of sulfonamides is 1. The second-order valence-corrected chi connectivity index (χ2v) is 6.75. The highest BCUT2D eigenvalue weighted by Gasteiger charge is 2.43. The number of hydrogen-bond donors (Lipinski definition) is 0. The first-order valence-corrected chi connectivity index (χ1v) is 7.66. The molecule has 0 N–H and O–H groups in total. The molecular formula is C12H12F2N2O4S. The number of hydrogen-bond acceptors (Lipinski definition) is 4. The summed E-state index contributed by atoms with van der Waals surface area (Å²) in [4.78, 5) is 11.2. The molecule has 1 aromatic carbocycles. The van der Waals surface area contributed by atoms with E-state index in [1.807, 2.05) is 0 Å². The van der Waals surface area contributed by atoms with E-state index in [9.17, 15) is 22.0 Å². The summed E-state index contributed by atoms with van der Waals surface area (Å²) in [7, 11) is -2.52. The van der Waals surface area contributed by atoms with Crippen LogP contribution in [0.3, 0.4) is 0 Å². The van der Waals surface area contributed by atoms with Crippen molar-refractivity contribution in [3.8, 4) is 0 Å². The van der Waals surface area contributed by atoms with Gasteiger partial charge in [-0.15, -0.1) is 0 Å². The van der Waals surface area contributed by atoms with Gasteiger partial charge < -0.3 is 4.42 Å². The first-order chi connectivity index (χ1) is 9.82. The molecule has 9 heteroatoms. The topological polar surface area (TPSA) is 72.5 Å². The summed E-state index contributed by atoms with van der Waals surface area (Å²) in [6.07, 6.45) is -2.58. The maximum atomic E-state index is 12.7. The monoisotopic (exact) mass is 318 g/mol. The molecule has 0 saturated carbocycles. The Bertz CT molecular complexity index is 856. The third-order valence-electron chi connectivity index (χ3n) is 3.68. The van der Waals surface area contributed by atoms with Crippen LogP contribution in [-0.2, 0) is 17.1 Å². The minimum atomic E-state index is -4.01. The first-order valence-electron chi connectivity index (χ1n) is 6.22. The predicted molar refractivity (Wildman–Crippen MR) is 69.8 cm³/mol. The van der Waals surface area contributed by atoms with E-state index in [0.29, 0.717) is 5.52 Å². The number of fused-ring (bicyclic) bond motifs is 1. The number of aryl methyl sites for hydroxylation is 1. The van der Waals surface area contributed by atoms with Crippen molar-refractivity contribution in [2.75, 3.05) is 6.54 Å². The lowest BCUT2D eigenvalue weighted by molar-refractivity contribution is 0.0141. The van der Waals surface area contributed by atoms with E-state index in [1.54, 1.807) is 0 Å². The molecule has 1 aliphatic rings. The minimum Gasteiger partial charge on any atom is -0.408 e. The van der Waals surface area contributed by atoms with Gasteiger partial charge in [-0.1, -0.05) is 0 Å². The average molecular weight is 318 g/mol. The second-order valence-electron chi connectivity index (χ2n) is 4.86. The average Bonchev–Trinajstić information content (AvgIpc) is 2.62. The normalized spacial score (nSPS) is 20.1. The number of rotatable bonds is 3. The van der Waals surface area contributed by atoms with Crippen LogP contribution in [0.15, 0.2) is 32.3 Å². The molecule has 0 spiro atoms. The zero-order valence-electron chi connectivity index (χ0n) is 11.0. The molecule has 21 heavy (non-hydrogen) atoms. The maximum absolute atomic E-state index is 12.7. The molecule has 0 aliphatic carbocycles. The number of aromatic nitrogens is 1. The molecular weight excluding hydrogens is 306 g/mol. The summed E-state index contributed by atoms with van der Waals surface area (Å²) in [5, 5.41) is 0. The molecule has 3 rings (SSSR count). The third kappa shape index (κ3) is 2.07. The van der Waals surface area contributed by atoms with Gasteiger partial charge in [0.1, 0.15) is 0 Å². The molecule has 2 heterocycles. The van der Waals surface area contributed by atoms with Gasteiger partial charge in [0.05, 0.1) is 16.5 Å². The highest BCUT2D eigenvalue weighted by atomic mass is 32.2. The summed E-state index contributed by atoms with van der Waals surface area (Å²) in [6, 6.07) is 2.61. The molecule has 1 atom stereocenters. The number of nitrogens with zero attached hydrogens (tertiary/aromatic N) is 2. The fraction of sp³-hybridized carbons (Fsp3) is 0.417. The van der Waals surface area contributed by atoms with Crippen LogP contribution >= 0.6 is 0 Å². The van der Waals surface area contributed by atoms with Crippen molar-refractivity contribution < 1.29 is 21.6 Å². The summed E-state index contributed by atoms with van der Waals surface area (Å²) in [5.74, 6) is -0.617. The van der Waals surface area contributed by atoms with Crippen LogP contribution in [0, 0.1) is 0 Å². The second kappa shape index (κ2) is 4.63. The molecule has 1 saturated heterocycles. The minimum absolute atomic E-state index is 0.0636. The third-order valence-corrected chi connectivity index (χ3v) is 5.60. The van der Waals surface area contributed by atoms with Gasteiger partial charge in [-0.05, 0) is 18.6 Å². The van der Waals surface area contributed by atoms with E-state index in [-0.39, 0.29) is 23.4 Å². The molecule has 1 aromatic heterocycles. The van der Waals surface area contributed by atoms with E-state index in [4.69, 9.17) is 4.42 Å². The van der Waals surface area contributed by atoms with Gasteiger partial charge in [-0.3, -0.25) is 4.57 Å². The number of halogens is 2. The van der Waals surface area contributed by atoms with E-state index in [2.05, 4.69) is 0 Å². The van der Waals surface area contributed by atoms with Crippen molar-refractivity contribution in [1.29, 1.82) is 0 Å². The van der Waals surface area contributed by atoms with Crippen molar-refractivity contribution in [2.24, 2.45) is 7.05 Å². The van der Waals surface area contributed by atoms with Crippen LogP contribution in [0.2, 0.25) is 0 Å². The molecule has 1 fully saturated rings. The van der Waals surface area contributed by atoms with Crippen molar-refractivity contribution >= 4 is 21.1 Å². The number of benzene rings is 1. The zero-order chi connectivity index (χ0) is 15.4. The van der Waals surface area contributed by atoms with Crippen molar-refractivity contribution in [2.45, 2.75) is 23.8 Å². The Labute approximate surface area is 118 Å². The van der Waals surface area contributed by atoms with Gasteiger partial charge in [0, 0.05) is 19.7 Å². The Kier molecular flexibility index (Phi) is 3.14. The zero-order valence-corrected chi connectivity index (χ0v) is 11.8. The lowest BCUT2D eigenvalue weighted by Gasteiger charge is -2.38. The Morgan fingerprint density at radius 1 is 1.38 bits per heavy atom. The first kappa shape index (κ1) is 14.2. The van der Waals surface area contributed by atoms with Crippen LogP contribution < -0.4 is 5.76 Å². The smallest absolute Gasteiger partial charge is 0.408 e. The van der Waals surface area contributed by atoms with Crippen LogP contribution in [0.25, 0.3) is 11.1 Å². The van der Waals surface area contributed by atoms with Crippen LogP contribution in [-0.4, -0.2) is 36.3 Å². The van der Waals surface area contributed by atoms with Crippen molar-refractivity contribution in [3.63, 3.8) is 0 Å². The Hall–Kier alpha value is -1.74. The lowest BCUT2D eigenvalue weighted by atomic mass is 10.1. The van der Waals surface area contributed by atoms with Gasteiger partial charge >= 0.3 is 5.76 Å². The predicted octanol–water partition coefficient (Wildman–Crippen LogP) is 1.16. The van der Waals surface area contributed by atoms with Crippen LogP contribution in [0.4, 0.5) is 8.78 Å². The molecule has 2 aromatic rings. The molecule has 0 bridgehead atoms. The summed E-state index contributed by atoms with van der Waals surface area (Å²) in [5.41, 5.74) is 0.547. The largest absolute Gasteiger partial charge is 0.419 e. The van der Waals surface area contributed by atoms with E-state index >= 15 is 0 Å². The van der Waals surface area contributed by atoms with Crippen LogP contribution in [0.1, 0.15) is 6.42 Å². The van der Waals surface area contributed by atoms with Gasteiger partial charge in [-0.25, -0.2) is 22.0 Å². The standard InChI is InChI=1S/C12H12F2N2O4S/c1-15-8-3-2-7(6-10(8)20-12(15)17)21(18,19)16-5-4-9(16)11(13)14/h2-3,6,9,11H,4-5H2,1H3/t9-/m1/s1. The van der Waals surface area contributed by atoms with E-state index in [1.165, 1.54) is 29.8 Å². The van der Waals surface area contributed by atoms with Gasteiger partial charge in [-0.2, -0.15) is 4.31 Å². The van der Waals surface area contributed by atoms with Gasteiger partial charge in [0.25, 0.3) is 6.43 Å². The molecule has 0 unspecified atom stereocenters. The lowest BCUT2D eigenvalue weighted by Crippen LogP contribution is -2.54. The summed E-state index contributed by atoms with van der Waals surface area (Å²) >= 11 is 0. The van der Waals surface area contributed by atoms with E-state index in [0.717, 1.165) is 4.31 Å². The Morgan fingerprint density at radius 3 is 2.67 bits per heavy atom. The van der Waals surface area contributed by atoms with Crippen molar-refractivity contribution in [3.05, 3.63) is 28.7 Å².